The zero-order chi connectivity index (χ0) is 14.3. The van der Waals surface area contributed by atoms with Gasteiger partial charge in [-0.3, -0.25) is 9.59 Å². The molecule has 0 unspecified atom stereocenters. The SMILES string of the molecule is CCCCN(CC(N)=O)C(=O)Cc1ccc(Br)cc1. The third kappa shape index (κ3) is 5.87. The Morgan fingerprint density at radius 2 is 1.89 bits per heavy atom. The molecule has 0 atom stereocenters. The Kier molecular flexibility index (Phi) is 6.56. The highest BCUT2D eigenvalue weighted by atomic mass is 79.9. The molecule has 5 heteroatoms. The first-order valence-electron chi connectivity index (χ1n) is 6.33. The number of unbranched alkanes of at least 4 members (excludes halogenated alkanes) is 1. The largest absolute Gasteiger partial charge is 0.368 e. The maximum absolute atomic E-state index is 12.1. The molecule has 1 rings (SSSR count). The van der Waals surface area contributed by atoms with Crippen molar-refractivity contribution in [2.45, 2.75) is 26.2 Å². The number of nitrogens with zero attached hydrogens (tertiary/aromatic N) is 1. The zero-order valence-corrected chi connectivity index (χ0v) is 12.6. The van der Waals surface area contributed by atoms with Crippen LogP contribution in [0.5, 0.6) is 0 Å². The lowest BCUT2D eigenvalue weighted by Gasteiger charge is -2.21. The molecule has 0 saturated heterocycles. The molecule has 0 bridgehead atoms. The second-order valence-corrected chi connectivity index (χ2v) is 5.35. The summed E-state index contributed by atoms with van der Waals surface area (Å²) in [5.74, 6) is -0.533. The van der Waals surface area contributed by atoms with Gasteiger partial charge in [0.2, 0.25) is 11.8 Å². The van der Waals surface area contributed by atoms with Gasteiger partial charge >= 0.3 is 0 Å². The van der Waals surface area contributed by atoms with E-state index < -0.39 is 5.91 Å². The average molecular weight is 327 g/mol. The molecule has 0 radical (unpaired) electrons. The van der Waals surface area contributed by atoms with Crippen LogP contribution in [0.25, 0.3) is 0 Å². The molecule has 19 heavy (non-hydrogen) atoms. The maximum atomic E-state index is 12.1. The van der Waals surface area contributed by atoms with E-state index in [0.29, 0.717) is 13.0 Å². The van der Waals surface area contributed by atoms with Gasteiger partial charge in [0.25, 0.3) is 0 Å². The average Bonchev–Trinajstić information content (AvgIpc) is 2.36. The standard InChI is InChI=1S/C14H19BrN2O2/c1-2-3-8-17(10-13(16)18)14(19)9-11-4-6-12(15)7-5-11/h4-7H,2-3,8-10H2,1H3,(H2,16,18). The Hall–Kier alpha value is -1.36. The Balaban J connectivity index is 2.64. The van der Waals surface area contributed by atoms with E-state index in [1.807, 2.05) is 31.2 Å². The highest BCUT2D eigenvalue weighted by molar-refractivity contribution is 9.10. The molecule has 1 aromatic rings. The smallest absolute Gasteiger partial charge is 0.237 e. The summed E-state index contributed by atoms with van der Waals surface area (Å²) in [5.41, 5.74) is 6.11. The van der Waals surface area contributed by atoms with Gasteiger partial charge in [0.15, 0.2) is 0 Å². The Morgan fingerprint density at radius 3 is 2.42 bits per heavy atom. The van der Waals surface area contributed by atoms with Crippen LogP contribution in [0.3, 0.4) is 0 Å². The molecule has 0 heterocycles. The zero-order valence-electron chi connectivity index (χ0n) is 11.1. The van der Waals surface area contributed by atoms with Gasteiger partial charge in [-0.05, 0) is 24.1 Å². The third-order valence-electron chi connectivity index (χ3n) is 2.75. The van der Waals surface area contributed by atoms with E-state index in [9.17, 15) is 9.59 Å². The van der Waals surface area contributed by atoms with Crippen molar-refractivity contribution in [2.24, 2.45) is 5.73 Å². The van der Waals surface area contributed by atoms with Crippen LogP contribution in [0.15, 0.2) is 28.7 Å². The lowest BCUT2D eigenvalue weighted by atomic mass is 10.1. The van der Waals surface area contributed by atoms with E-state index in [2.05, 4.69) is 15.9 Å². The minimum absolute atomic E-state index is 0.00460. The number of rotatable bonds is 7. The molecule has 0 aliphatic heterocycles. The van der Waals surface area contributed by atoms with Gasteiger partial charge < -0.3 is 10.6 Å². The van der Waals surface area contributed by atoms with E-state index in [0.717, 1.165) is 22.9 Å². The molecule has 0 fully saturated rings. The summed E-state index contributed by atoms with van der Waals surface area (Å²) < 4.78 is 0.976. The molecular formula is C14H19BrN2O2. The van der Waals surface area contributed by atoms with Crippen LogP contribution >= 0.6 is 15.9 Å². The molecule has 4 nitrogen and oxygen atoms in total. The van der Waals surface area contributed by atoms with Gasteiger partial charge in [-0.2, -0.15) is 0 Å². The summed E-state index contributed by atoms with van der Waals surface area (Å²) in [7, 11) is 0. The molecular weight excluding hydrogens is 308 g/mol. The van der Waals surface area contributed by atoms with Crippen molar-refractivity contribution in [1.29, 1.82) is 0 Å². The fourth-order valence-corrected chi connectivity index (χ4v) is 1.98. The fourth-order valence-electron chi connectivity index (χ4n) is 1.72. The number of carbonyl (C=O) groups excluding carboxylic acids is 2. The summed E-state index contributed by atoms with van der Waals surface area (Å²) in [6.45, 7) is 2.62. The molecule has 104 valence electrons. The van der Waals surface area contributed by atoms with Gasteiger partial charge in [-0.1, -0.05) is 41.4 Å². The third-order valence-corrected chi connectivity index (χ3v) is 3.28. The van der Waals surface area contributed by atoms with Crippen molar-refractivity contribution in [3.8, 4) is 0 Å². The molecule has 2 amide bonds. The quantitative estimate of drug-likeness (QED) is 0.834. The Bertz CT molecular complexity index is 432. The normalized spacial score (nSPS) is 10.2. The highest BCUT2D eigenvalue weighted by Gasteiger charge is 2.15. The van der Waals surface area contributed by atoms with Crippen LogP contribution in [-0.4, -0.2) is 29.8 Å². The van der Waals surface area contributed by atoms with Gasteiger partial charge in [0.1, 0.15) is 0 Å². The van der Waals surface area contributed by atoms with Gasteiger partial charge in [-0.15, -0.1) is 0 Å². The molecule has 2 N–H and O–H groups in total. The summed E-state index contributed by atoms with van der Waals surface area (Å²) in [6.07, 6.45) is 2.14. The Morgan fingerprint density at radius 1 is 1.26 bits per heavy atom. The number of carbonyl (C=O) groups is 2. The van der Waals surface area contributed by atoms with Crippen LogP contribution in [0.1, 0.15) is 25.3 Å². The van der Waals surface area contributed by atoms with E-state index in [1.54, 1.807) is 0 Å². The Labute approximate surface area is 122 Å². The van der Waals surface area contributed by atoms with Crippen molar-refractivity contribution in [3.63, 3.8) is 0 Å². The van der Waals surface area contributed by atoms with Crippen LogP contribution in [0, 0.1) is 0 Å². The number of hydrogen-bond acceptors (Lipinski definition) is 2. The first-order chi connectivity index (χ1) is 9.02. The van der Waals surface area contributed by atoms with Crippen LogP contribution in [0.2, 0.25) is 0 Å². The topological polar surface area (TPSA) is 63.4 Å². The molecule has 0 saturated carbocycles. The molecule has 0 aliphatic rings. The minimum atomic E-state index is -0.472. The number of halogens is 1. The molecule has 0 spiro atoms. The van der Waals surface area contributed by atoms with Crippen molar-refractivity contribution in [2.75, 3.05) is 13.1 Å². The monoisotopic (exact) mass is 326 g/mol. The van der Waals surface area contributed by atoms with Gasteiger partial charge in [0.05, 0.1) is 13.0 Å². The van der Waals surface area contributed by atoms with Crippen molar-refractivity contribution in [1.82, 2.24) is 4.90 Å². The number of benzene rings is 1. The predicted molar refractivity (Wildman–Crippen MR) is 78.5 cm³/mol. The molecule has 0 aliphatic carbocycles. The van der Waals surface area contributed by atoms with Crippen LogP contribution in [0.4, 0.5) is 0 Å². The second-order valence-electron chi connectivity index (χ2n) is 4.44. The minimum Gasteiger partial charge on any atom is -0.368 e. The molecule has 1 aromatic carbocycles. The summed E-state index contributed by atoms with van der Waals surface area (Å²) in [5, 5.41) is 0. The van der Waals surface area contributed by atoms with Crippen LogP contribution < -0.4 is 5.73 Å². The fraction of sp³-hybridized carbons (Fsp3) is 0.429. The van der Waals surface area contributed by atoms with Crippen molar-refractivity contribution < 1.29 is 9.59 Å². The van der Waals surface area contributed by atoms with E-state index in [4.69, 9.17) is 5.73 Å². The van der Waals surface area contributed by atoms with E-state index in [-0.39, 0.29) is 12.5 Å². The maximum Gasteiger partial charge on any atom is 0.237 e. The lowest BCUT2D eigenvalue weighted by Crippen LogP contribution is -2.39. The molecule has 0 aromatic heterocycles. The summed E-state index contributed by atoms with van der Waals surface area (Å²) in [4.78, 5) is 24.7. The number of amides is 2. The number of primary amides is 1. The first kappa shape index (κ1) is 15.7. The van der Waals surface area contributed by atoms with Crippen molar-refractivity contribution >= 4 is 27.7 Å². The van der Waals surface area contributed by atoms with Gasteiger partial charge in [-0.25, -0.2) is 0 Å². The highest BCUT2D eigenvalue weighted by Crippen LogP contribution is 2.12. The van der Waals surface area contributed by atoms with Crippen molar-refractivity contribution in [3.05, 3.63) is 34.3 Å². The predicted octanol–water partition coefficient (Wildman–Crippen LogP) is 2.11. The van der Waals surface area contributed by atoms with E-state index >= 15 is 0 Å². The van der Waals surface area contributed by atoms with Crippen LogP contribution in [-0.2, 0) is 16.0 Å². The van der Waals surface area contributed by atoms with E-state index in [1.165, 1.54) is 4.90 Å². The first-order valence-corrected chi connectivity index (χ1v) is 7.12. The number of nitrogens with two attached hydrogens (primary N) is 1. The lowest BCUT2D eigenvalue weighted by molar-refractivity contribution is -0.134. The summed E-state index contributed by atoms with van der Waals surface area (Å²) >= 11 is 3.35. The summed E-state index contributed by atoms with van der Waals surface area (Å²) in [6, 6.07) is 7.58. The number of hydrogen-bond donors (Lipinski definition) is 1. The van der Waals surface area contributed by atoms with Gasteiger partial charge in [0, 0.05) is 11.0 Å². The second kappa shape index (κ2) is 7.94.